The van der Waals surface area contributed by atoms with E-state index >= 15 is 0 Å². The average molecular weight is 225 g/mol. The number of halogens is 1. The molecule has 90 valence electrons. The quantitative estimate of drug-likeness (QED) is 0.777. The summed E-state index contributed by atoms with van der Waals surface area (Å²) in [6.07, 6.45) is 1.49. The van der Waals surface area contributed by atoms with Gasteiger partial charge in [-0.3, -0.25) is 0 Å². The molecule has 1 unspecified atom stereocenters. The predicted octanol–water partition coefficient (Wildman–Crippen LogP) is 2.12. The molecule has 2 nitrogen and oxygen atoms in total. The number of hydrogen-bond donors (Lipinski definition) is 2. The van der Waals surface area contributed by atoms with E-state index in [0.717, 1.165) is 13.0 Å². The molecule has 0 aliphatic rings. The second-order valence-electron chi connectivity index (χ2n) is 4.41. The maximum Gasteiger partial charge on any atom is 0.126 e. The van der Waals surface area contributed by atoms with Crippen LogP contribution in [0.15, 0.2) is 24.3 Å². The molecule has 1 aromatic carbocycles. The van der Waals surface area contributed by atoms with Gasteiger partial charge in [-0.2, -0.15) is 0 Å². The van der Waals surface area contributed by atoms with Crippen molar-refractivity contribution in [3.63, 3.8) is 0 Å². The lowest BCUT2D eigenvalue weighted by Gasteiger charge is -2.29. The van der Waals surface area contributed by atoms with E-state index < -0.39 is 5.54 Å². The summed E-state index contributed by atoms with van der Waals surface area (Å²) in [6, 6.07) is 6.70. The molecule has 0 saturated carbocycles. The van der Waals surface area contributed by atoms with Gasteiger partial charge in [0.15, 0.2) is 0 Å². The summed E-state index contributed by atoms with van der Waals surface area (Å²) in [4.78, 5) is 0. The molecule has 0 saturated heterocycles. The molecule has 0 bridgehead atoms. The van der Waals surface area contributed by atoms with Gasteiger partial charge in [0.2, 0.25) is 0 Å². The van der Waals surface area contributed by atoms with Crippen molar-refractivity contribution in [2.45, 2.75) is 32.2 Å². The number of hydrogen-bond acceptors (Lipinski definition) is 2. The highest BCUT2D eigenvalue weighted by molar-refractivity contribution is 5.20. The first-order valence-corrected chi connectivity index (χ1v) is 5.70. The van der Waals surface area contributed by atoms with E-state index in [9.17, 15) is 9.50 Å². The van der Waals surface area contributed by atoms with Crippen molar-refractivity contribution in [1.29, 1.82) is 0 Å². The zero-order valence-corrected chi connectivity index (χ0v) is 9.96. The lowest BCUT2D eigenvalue weighted by atomic mass is 9.93. The van der Waals surface area contributed by atoms with Crippen LogP contribution in [0.5, 0.6) is 0 Å². The maximum absolute atomic E-state index is 13.5. The highest BCUT2D eigenvalue weighted by Crippen LogP contribution is 2.15. The fraction of sp³-hybridized carbons (Fsp3) is 0.538. The summed E-state index contributed by atoms with van der Waals surface area (Å²) < 4.78 is 13.5. The zero-order chi connectivity index (χ0) is 12.0. The molecule has 1 atom stereocenters. The molecule has 0 aliphatic carbocycles. The van der Waals surface area contributed by atoms with Gasteiger partial charge in [-0.15, -0.1) is 0 Å². The third kappa shape index (κ3) is 3.58. The van der Waals surface area contributed by atoms with E-state index in [4.69, 9.17) is 0 Å². The first-order chi connectivity index (χ1) is 7.61. The Hall–Kier alpha value is -0.930. The minimum absolute atomic E-state index is 0.00132. The van der Waals surface area contributed by atoms with E-state index in [-0.39, 0.29) is 12.4 Å². The van der Waals surface area contributed by atoms with Gasteiger partial charge in [0.05, 0.1) is 6.61 Å². The molecule has 0 aliphatic heterocycles. The van der Waals surface area contributed by atoms with Gasteiger partial charge in [-0.25, -0.2) is 4.39 Å². The average Bonchev–Trinajstić information content (AvgIpc) is 2.30. The minimum Gasteiger partial charge on any atom is -0.394 e. The van der Waals surface area contributed by atoms with Gasteiger partial charge in [-0.1, -0.05) is 25.1 Å². The fourth-order valence-electron chi connectivity index (χ4n) is 1.66. The summed E-state index contributed by atoms with van der Waals surface area (Å²) >= 11 is 0. The van der Waals surface area contributed by atoms with Crippen LogP contribution < -0.4 is 5.32 Å². The molecule has 3 heteroatoms. The van der Waals surface area contributed by atoms with Gasteiger partial charge >= 0.3 is 0 Å². The van der Waals surface area contributed by atoms with E-state index in [2.05, 4.69) is 12.2 Å². The normalized spacial score (nSPS) is 14.8. The predicted molar refractivity (Wildman–Crippen MR) is 63.9 cm³/mol. The summed E-state index contributed by atoms with van der Waals surface area (Å²) in [6.45, 7) is 4.80. The van der Waals surface area contributed by atoms with Crippen molar-refractivity contribution >= 4 is 0 Å². The van der Waals surface area contributed by atoms with E-state index in [0.29, 0.717) is 12.0 Å². The van der Waals surface area contributed by atoms with Crippen LogP contribution in [0.4, 0.5) is 4.39 Å². The Bertz CT molecular complexity index is 329. The lowest BCUT2D eigenvalue weighted by molar-refractivity contribution is 0.173. The Morgan fingerprint density at radius 3 is 2.62 bits per heavy atom. The molecular formula is C13H20FNO. The van der Waals surface area contributed by atoms with Gasteiger partial charge in [0.25, 0.3) is 0 Å². The second kappa shape index (κ2) is 5.97. The highest BCUT2D eigenvalue weighted by atomic mass is 19.1. The monoisotopic (exact) mass is 225 g/mol. The van der Waals surface area contributed by atoms with Gasteiger partial charge in [0.1, 0.15) is 5.82 Å². The molecule has 16 heavy (non-hydrogen) atoms. The van der Waals surface area contributed by atoms with Crippen LogP contribution >= 0.6 is 0 Å². The first kappa shape index (κ1) is 13.1. The Morgan fingerprint density at radius 1 is 1.38 bits per heavy atom. The number of benzene rings is 1. The zero-order valence-electron chi connectivity index (χ0n) is 9.96. The van der Waals surface area contributed by atoms with Crippen LogP contribution in [0.25, 0.3) is 0 Å². The van der Waals surface area contributed by atoms with Crippen molar-refractivity contribution in [1.82, 2.24) is 5.32 Å². The Morgan fingerprint density at radius 2 is 2.06 bits per heavy atom. The second-order valence-corrected chi connectivity index (χ2v) is 4.41. The Balaban J connectivity index is 2.72. The number of aliphatic hydroxyl groups is 1. The van der Waals surface area contributed by atoms with Crippen LogP contribution in [0, 0.1) is 5.82 Å². The molecule has 2 N–H and O–H groups in total. The number of nitrogens with one attached hydrogen (secondary N) is 1. The largest absolute Gasteiger partial charge is 0.394 e. The standard InChI is InChI=1S/C13H20FNO/c1-3-8-15-13(2,10-16)9-11-6-4-5-7-12(11)14/h4-7,15-16H,3,8-10H2,1-2H3. The third-order valence-electron chi connectivity index (χ3n) is 2.69. The molecule has 1 rings (SSSR count). The summed E-state index contributed by atoms with van der Waals surface area (Å²) in [5.41, 5.74) is 0.195. The van der Waals surface area contributed by atoms with Crippen LogP contribution in [0.2, 0.25) is 0 Å². The number of rotatable bonds is 6. The Kier molecular flexibility index (Phi) is 4.90. The number of aliphatic hydroxyl groups excluding tert-OH is 1. The van der Waals surface area contributed by atoms with Crippen molar-refractivity contribution in [2.24, 2.45) is 0 Å². The first-order valence-electron chi connectivity index (χ1n) is 5.70. The summed E-state index contributed by atoms with van der Waals surface area (Å²) in [5.74, 6) is -0.208. The molecular weight excluding hydrogens is 205 g/mol. The van der Waals surface area contributed by atoms with Gasteiger partial charge in [0, 0.05) is 5.54 Å². The van der Waals surface area contributed by atoms with Crippen LogP contribution in [0.1, 0.15) is 25.8 Å². The van der Waals surface area contributed by atoms with E-state index in [1.54, 1.807) is 12.1 Å². The molecule has 0 heterocycles. The van der Waals surface area contributed by atoms with Gasteiger partial charge in [-0.05, 0) is 37.9 Å². The molecule has 1 aromatic rings. The molecule has 0 aromatic heterocycles. The lowest BCUT2D eigenvalue weighted by Crippen LogP contribution is -2.48. The SMILES string of the molecule is CCCNC(C)(CO)Cc1ccccc1F. The maximum atomic E-state index is 13.5. The molecule has 0 amide bonds. The van der Waals surface area contributed by atoms with Crippen molar-refractivity contribution < 1.29 is 9.50 Å². The Labute approximate surface area is 96.5 Å². The van der Waals surface area contributed by atoms with Crippen molar-refractivity contribution in [2.75, 3.05) is 13.2 Å². The van der Waals surface area contributed by atoms with E-state index in [1.165, 1.54) is 6.07 Å². The van der Waals surface area contributed by atoms with Crippen LogP contribution in [-0.4, -0.2) is 23.8 Å². The fourth-order valence-corrected chi connectivity index (χ4v) is 1.66. The van der Waals surface area contributed by atoms with Gasteiger partial charge < -0.3 is 10.4 Å². The van der Waals surface area contributed by atoms with Crippen molar-refractivity contribution in [3.05, 3.63) is 35.6 Å². The topological polar surface area (TPSA) is 32.3 Å². The molecule has 0 spiro atoms. The van der Waals surface area contributed by atoms with Crippen molar-refractivity contribution in [3.8, 4) is 0 Å². The summed E-state index contributed by atoms with van der Waals surface area (Å²) in [7, 11) is 0. The summed E-state index contributed by atoms with van der Waals surface area (Å²) in [5, 5.41) is 12.6. The third-order valence-corrected chi connectivity index (χ3v) is 2.69. The van der Waals surface area contributed by atoms with Crippen LogP contribution in [0.3, 0.4) is 0 Å². The minimum atomic E-state index is -0.446. The molecule has 0 radical (unpaired) electrons. The van der Waals surface area contributed by atoms with E-state index in [1.807, 2.05) is 13.0 Å². The molecule has 0 fully saturated rings. The smallest absolute Gasteiger partial charge is 0.126 e. The highest BCUT2D eigenvalue weighted by Gasteiger charge is 2.23. The van der Waals surface area contributed by atoms with Crippen LogP contribution in [-0.2, 0) is 6.42 Å².